The van der Waals surface area contributed by atoms with Gasteiger partial charge in [0.05, 0.1) is 0 Å². The Morgan fingerprint density at radius 1 is 1.41 bits per heavy atom. The minimum atomic E-state index is 0.747. The van der Waals surface area contributed by atoms with Gasteiger partial charge in [0, 0.05) is 28.0 Å². The highest BCUT2D eigenvalue weighted by atomic mass is 79.9. The first-order valence-corrected chi connectivity index (χ1v) is 8.21. The standard InChI is InChI=1S/C13H19BrN2S/c14-10-5-8-17-13(10)9-16-7-2-4-12(16)11-3-1-6-15-11/h5,8,11-12,15H,1-4,6-7,9H2. The molecule has 3 rings (SSSR count). The smallest absolute Gasteiger partial charge is 0.0342 e. The molecule has 2 atom stereocenters. The van der Waals surface area contributed by atoms with Gasteiger partial charge >= 0.3 is 0 Å². The summed E-state index contributed by atoms with van der Waals surface area (Å²) in [4.78, 5) is 4.16. The number of halogens is 1. The van der Waals surface area contributed by atoms with Crippen molar-refractivity contribution in [3.05, 3.63) is 20.8 Å². The van der Waals surface area contributed by atoms with Crippen molar-refractivity contribution in [1.29, 1.82) is 0 Å². The van der Waals surface area contributed by atoms with Crippen LogP contribution in [0.25, 0.3) is 0 Å². The van der Waals surface area contributed by atoms with E-state index >= 15 is 0 Å². The minimum absolute atomic E-state index is 0.747. The zero-order chi connectivity index (χ0) is 11.7. The highest BCUT2D eigenvalue weighted by Gasteiger charge is 2.33. The third kappa shape index (κ3) is 2.60. The van der Waals surface area contributed by atoms with Crippen LogP contribution in [0.3, 0.4) is 0 Å². The van der Waals surface area contributed by atoms with Gasteiger partial charge < -0.3 is 5.32 Å². The van der Waals surface area contributed by atoms with Gasteiger partial charge in [0.2, 0.25) is 0 Å². The normalized spacial score (nSPS) is 30.2. The highest BCUT2D eigenvalue weighted by molar-refractivity contribution is 9.10. The van der Waals surface area contributed by atoms with Crippen LogP contribution in [0, 0.1) is 0 Å². The molecule has 17 heavy (non-hydrogen) atoms. The lowest BCUT2D eigenvalue weighted by Gasteiger charge is -2.29. The Hall–Kier alpha value is 0.1000. The molecule has 4 heteroatoms. The zero-order valence-electron chi connectivity index (χ0n) is 9.99. The second kappa shape index (κ2) is 5.39. The average molecular weight is 315 g/mol. The maximum atomic E-state index is 3.67. The van der Waals surface area contributed by atoms with E-state index < -0.39 is 0 Å². The fraction of sp³-hybridized carbons (Fsp3) is 0.692. The van der Waals surface area contributed by atoms with Crippen molar-refractivity contribution < 1.29 is 0 Å². The van der Waals surface area contributed by atoms with E-state index in [-0.39, 0.29) is 0 Å². The molecule has 2 saturated heterocycles. The molecular formula is C13H19BrN2S. The van der Waals surface area contributed by atoms with Gasteiger partial charge in [-0.15, -0.1) is 11.3 Å². The highest BCUT2D eigenvalue weighted by Crippen LogP contribution is 2.30. The molecule has 1 aromatic heterocycles. The third-order valence-corrected chi connectivity index (χ3v) is 5.93. The number of likely N-dealkylation sites (tertiary alicyclic amines) is 1. The van der Waals surface area contributed by atoms with Crippen molar-refractivity contribution in [2.45, 2.75) is 44.3 Å². The summed E-state index contributed by atoms with van der Waals surface area (Å²) in [5.41, 5.74) is 0. The monoisotopic (exact) mass is 314 g/mol. The maximum absolute atomic E-state index is 3.67. The third-order valence-electron chi connectivity index (χ3n) is 4.01. The van der Waals surface area contributed by atoms with Crippen LogP contribution >= 0.6 is 27.3 Å². The second-order valence-corrected chi connectivity index (χ2v) is 6.93. The molecule has 1 N–H and O–H groups in total. The molecule has 1 aromatic rings. The molecule has 3 heterocycles. The molecule has 94 valence electrons. The van der Waals surface area contributed by atoms with E-state index in [1.807, 2.05) is 11.3 Å². The summed E-state index contributed by atoms with van der Waals surface area (Å²) < 4.78 is 1.28. The van der Waals surface area contributed by atoms with Gasteiger partial charge in [-0.1, -0.05) is 0 Å². The molecule has 2 fully saturated rings. The molecule has 0 radical (unpaired) electrons. The lowest BCUT2D eigenvalue weighted by atomic mass is 10.0. The van der Waals surface area contributed by atoms with Crippen molar-refractivity contribution in [1.82, 2.24) is 10.2 Å². The van der Waals surface area contributed by atoms with E-state index in [9.17, 15) is 0 Å². The molecule has 2 aliphatic heterocycles. The van der Waals surface area contributed by atoms with Crippen LogP contribution in [0.1, 0.15) is 30.6 Å². The van der Waals surface area contributed by atoms with Crippen molar-refractivity contribution in [2.24, 2.45) is 0 Å². The molecule has 0 spiro atoms. The van der Waals surface area contributed by atoms with Gasteiger partial charge in [-0.05, 0) is 66.1 Å². The van der Waals surface area contributed by atoms with E-state index in [0.29, 0.717) is 0 Å². The minimum Gasteiger partial charge on any atom is -0.312 e. The first kappa shape index (κ1) is 12.2. The summed E-state index contributed by atoms with van der Waals surface area (Å²) in [6.45, 7) is 3.62. The summed E-state index contributed by atoms with van der Waals surface area (Å²) in [7, 11) is 0. The van der Waals surface area contributed by atoms with Crippen LogP contribution in [-0.4, -0.2) is 30.1 Å². The lowest BCUT2D eigenvalue weighted by molar-refractivity contribution is 0.208. The molecule has 2 nitrogen and oxygen atoms in total. The van der Waals surface area contributed by atoms with Crippen molar-refractivity contribution in [3.63, 3.8) is 0 Å². The molecule has 0 amide bonds. The molecule has 2 aliphatic rings. The van der Waals surface area contributed by atoms with Gasteiger partial charge in [-0.3, -0.25) is 4.90 Å². The maximum Gasteiger partial charge on any atom is 0.0342 e. The van der Waals surface area contributed by atoms with E-state index in [1.54, 1.807) is 0 Å². The Kier molecular flexibility index (Phi) is 3.85. The van der Waals surface area contributed by atoms with Crippen LogP contribution in [0.15, 0.2) is 15.9 Å². The van der Waals surface area contributed by atoms with Crippen LogP contribution in [0.4, 0.5) is 0 Å². The van der Waals surface area contributed by atoms with Crippen molar-refractivity contribution >= 4 is 27.3 Å². The van der Waals surface area contributed by atoms with E-state index in [1.165, 1.54) is 48.1 Å². The zero-order valence-corrected chi connectivity index (χ0v) is 12.4. The Labute approximate surface area is 116 Å². The van der Waals surface area contributed by atoms with E-state index in [4.69, 9.17) is 0 Å². The number of hydrogen-bond donors (Lipinski definition) is 1. The number of hydrogen-bond acceptors (Lipinski definition) is 3. The summed E-state index contributed by atoms with van der Waals surface area (Å²) in [5.74, 6) is 0. The number of rotatable bonds is 3. The van der Waals surface area contributed by atoms with Gasteiger partial charge in [-0.25, -0.2) is 0 Å². The van der Waals surface area contributed by atoms with Crippen LogP contribution in [0.2, 0.25) is 0 Å². The summed E-state index contributed by atoms with van der Waals surface area (Å²) in [5, 5.41) is 5.85. The van der Waals surface area contributed by atoms with Gasteiger partial charge in [0.15, 0.2) is 0 Å². The Bertz CT molecular complexity index is 373. The quantitative estimate of drug-likeness (QED) is 0.921. The van der Waals surface area contributed by atoms with Gasteiger partial charge in [0.25, 0.3) is 0 Å². The molecular weight excluding hydrogens is 296 g/mol. The number of nitrogens with one attached hydrogen (secondary N) is 1. The Morgan fingerprint density at radius 2 is 2.35 bits per heavy atom. The Balaban J connectivity index is 1.67. The predicted molar refractivity (Wildman–Crippen MR) is 76.5 cm³/mol. The molecule has 0 aliphatic carbocycles. The second-order valence-electron chi connectivity index (χ2n) is 5.07. The van der Waals surface area contributed by atoms with E-state index in [0.717, 1.165) is 18.6 Å². The predicted octanol–water partition coefficient (Wildman–Crippen LogP) is 3.23. The first-order valence-electron chi connectivity index (χ1n) is 6.54. The average Bonchev–Trinajstić information content (AvgIpc) is 3.02. The summed E-state index contributed by atoms with van der Waals surface area (Å²) in [6.07, 6.45) is 5.47. The van der Waals surface area contributed by atoms with Gasteiger partial charge in [-0.2, -0.15) is 0 Å². The topological polar surface area (TPSA) is 15.3 Å². The van der Waals surface area contributed by atoms with E-state index in [2.05, 4.69) is 37.6 Å². The molecule has 2 unspecified atom stereocenters. The Morgan fingerprint density at radius 3 is 3.06 bits per heavy atom. The number of thiophene rings is 1. The lowest BCUT2D eigenvalue weighted by Crippen LogP contribution is -2.43. The van der Waals surface area contributed by atoms with Crippen LogP contribution in [0.5, 0.6) is 0 Å². The fourth-order valence-corrected chi connectivity index (χ4v) is 4.67. The largest absolute Gasteiger partial charge is 0.312 e. The summed E-state index contributed by atoms with van der Waals surface area (Å²) >= 11 is 5.52. The number of nitrogens with zero attached hydrogens (tertiary/aromatic N) is 1. The molecule has 0 saturated carbocycles. The van der Waals surface area contributed by atoms with Crippen molar-refractivity contribution in [3.8, 4) is 0 Å². The SMILES string of the molecule is Brc1ccsc1CN1CCCC1C1CCCN1. The van der Waals surface area contributed by atoms with Gasteiger partial charge in [0.1, 0.15) is 0 Å². The molecule has 0 bridgehead atoms. The summed E-state index contributed by atoms with van der Waals surface area (Å²) in [6, 6.07) is 3.68. The van der Waals surface area contributed by atoms with Crippen LogP contribution < -0.4 is 5.32 Å². The molecule has 0 aromatic carbocycles. The van der Waals surface area contributed by atoms with Crippen LogP contribution in [-0.2, 0) is 6.54 Å². The first-order chi connectivity index (χ1) is 8.34. The van der Waals surface area contributed by atoms with Crippen molar-refractivity contribution in [2.75, 3.05) is 13.1 Å². The fourth-order valence-electron chi connectivity index (χ4n) is 3.17.